The smallest absolute Gasteiger partial charge is 0.269 e. The van der Waals surface area contributed by atoms with E-state index in [1.165, 1.54) is 0 Å². The first-order chi connectivity index (χ1) is 10.2. The normalized spacial score (nSPS) is 10.3. The lowest BCUT2D eigenvalue weighted by Crippen LogP contribution is -2.29. The Bertz CT molecular complexity index is 790. The van der Waals surface area contributed by atoms with Crippen LogP contribution in [0.1, 0.15) is 10.4 Å². The zero-order valence-corrected chi connectivity index (χ0v) is 11.8. The number of rotatable bonds is 3. The van der Waals surface area contributed by atoms with Crippen LogP contribution in [0, 0.1) is 0 Å². The Labute approximate surface area is 126 Å². The van der Waals surface area contributed by atoms with Crippen molar-refractivity contribution >= 4 is 34.1 Å². The van der Waals surface area contributed by atoms with Crippen molar-refractivity contribution in [1.82, 2.24) is 10.4 Å². The van der Waals surface area contributed by atoms with Crippen LogP contribution in [0.4, 0.5) is 5.69 Å². The number of hydrogen-bond donors (Lipinski definition) is 2. The summed E-state index contributed by atoms with van der Waals surface area (Å²) in [4.78, 5) is 16.2. The van der Waals surface area contributed by atoms with E-state index in [9.17, 15) is 4.79 Å². The van der Waals surface area contributed by atoms with E-state index in [-0.39, 0.29) is 5.91 Å². The first-order valence-electron chi connectivity index (χ1n) is 6.40. The molecule has 0 bridgehead atoms. The van der Waals surface area contributed by atoms with Gasteiger partial charge in [0, 0.05) is 22.2 Å². The predicted octanol–water partition coefficient (Wildman–Crippen LogP) is 3.65. The van der Waals surface area contributed by atoms with Crippen LogP contribution in [0.3, 0.4) is 0 Å². The zero-order chi connectivity index (χ0) is 14.7. The highest BCUT2D eigenvalue weighted by Gasteiger charge is 2.06. The lowest BCUT2D eigenvalue weighted by atomic mass is 10.2. The fraction of sp³-hybridized carbons (Fsp3) is 0. The molecule has 5 heteroatoms. The second kappa shape index (κ2) is 5.81. The topological polar surface area (TPSA) is 54.0 Å². The molecule has 3 rings (SSSR count). The predicted molar refractivity (Wildman–Crippen MR) is 84.3 cm³/mol. The van der Waals surface area contributed by atoms with Crippen molar-refractivity contribution < 1.29 is 4.79 Å². The number of nitrogens with zero attached hydrogens (tertiary/aromatic N) is 1. The van der Waals surface area contributed by atoms with Crippen LogP contribution in [0.5, 0.6) is 0 Å². The summed E-state index contributed by atoms with van der Waals surface area (Å²) in [5.41, 5.74) is 7.71. The summed E-state index contributed by atoms with van der Waals surface area (Å²) in [6.45, 7) is 0. The molecular formula is C16H12ClN3O. The van der Waals surface area contributed by atoms with E-state index in [1.54, 1.807) is 36.5 Å². The summed E-state index contributed by atoms with van der Waals surface area (Å²) in [5, 5.41) is 1.51. The van der Waals surface area contributed by atoms with Gasteiger partial charge in [-0.05, 0) is 36.4 Å². The summed E-state index contributed by atoms with van der Waals surface area (Å²) in [5.74, 6) is -0.200. The van der Waals surface area contributed by atoms with E-state index in [0.717, 1.165) is 16.6 Å². The Balaban J connectivity index is 1.81. The minimum atomic E-state index is -0.200. The maximum atomic E-state index is 12.0. The molecule has 2 N–H and O–H groups in total. The highest BCUT2D eigenvalue weighted by atomic mass is 35.5. The fourth-order valence-corrected chi connectivity index (χ4v) is 2.18. The third kappa shape index (κ3) is 2.95. The lowest BCUT2D eigenvalue weighted by Gasteiger charge is -2.11. The van der Waals surface area contributed by atoms with Gasteiger partial charge in [-0.25, -0.2) is 0 Å². The summed E-state index contributed by atoms with van der Waals surface area (Å²) >= 11 is 5.95. The third-order valence-corrected chi connectivity index (χ3v) is 3.29. The Morgan fingerprint density at radius 2 is 1.86 bits per heavy atom. The van der Waals surface area contributed by atoms with Gasteiger partial charge in [0.05, 0.1) is 11.2 Å². The molecule has 2 aromatic carbocycles. The molecule has 0 aliphatic rings. The highest BCUT2D eigenvalue weighted by molar-refractivity contribution is 6.31. The van der Waals surface area contributed by atoms with Crippen LogP contribution in [0.15, 0.2) is 60.8 Å². The molecule has 0 unspecified atom stereocenters. The van der Waals surface area contributed by atoms with Gasteiger partial charge in [0.2, 0.25) is 0 Å². The second-order valence-electron chi connectivity index (χ2n) is 4.47. The van der Waals surface area contributed by atoms with Gasteiger partial charge >= 0.3 is 0 Å². The Kier molecular flexibility index (Phi) is 3.71. The Hall–Kier alpha value is -2.59. The van der Waals surface area contributed by atoms with Crippen LogP contribution < -0.4 is 10.9 Å². The Morgan fingerprint density at radius 1 is 1.05 bits per heavy atom. The molecule has 0 aliphatic heterocycles. The molecule has 0 saturated heterocycles. The molecule has 0 fully saturated rings. The lowest BCUT2D eigenvalue weighted by molar-refractivity contribution is 0.0962. The number of pyridine rings is 1. The van der Waals surface area contributed by atoms with Gasteiger partial charge < -0.3 is 0 Å². The number of anilines is 1. The third-order valence-electron chi connectivity index (χ3n) is 3.05. The average molecular weight is 298 g/mol. The van der Waals surface area contributed by atoms with Crippen molar-refractivity contribution in [2.75, 3.05) is 5.43 Å². The van der Waals surface area contributed by atoms with Gasteiger partial charge in [0.1, 0.15) is 0 Å². The standard InChI is InChI=1S/C16H12ClN3O/c17-12-6-7-13-14(8-9-18-15(13)10-12)19-20-16(21)11-4-2-1-3-5-11/h1-10H,(H,18,19)(H,20,21). The van der Waals surface area contributed by atoms with Gasteiger partial charge in [0.25, 0.3) is 5.91 Å². The number of carbonyl (C=O) groups excluding carboxylic acids is 1. The molecule has 0 spiro atoms. The van der Waals surface area contributed by atoms with Crippen LogP contribution in [-0.2, 0) is 0 Å². The van der Waals surface area contributed by atoms with Crippen molar-refractivity contribution in [1.29, 1.82) is 0 Å². The second-order valence-corrected chi connectivity index (χ2v) is 4.90. The minimum absolute atomic E-state index is 0.200. The van der Waals surface area contributed by atoms with Gasteiger partial charge in [-0.2, -0.15) is 0 Å². The summed E-state index contributed by atoms with van der Waals surface area (Å²) in [6.07, 6.45) is 1.66. The molecule has 0 radical (unpaired) electrons. The van der Waals surface area contributed by atoms with Gasteiger partial charge in [-0.1, -0.05) is 29.8 Å². The van der Waals surface area contributed by atoms with Gasteiger partial charge in [-0.15, -0.1) is 0 Å². The maximum absolute atomic E-state index is 12.0. The van der Waals surface area contributed by atoms with Crippen LogP contribution >= 0.6 is 11.6 Å². The number of aromatic nitrogens is 1. The van der Waals surface area contributed by atoms with E-state index >= 15 is 0 Å². The number of fused-ring (bicyclic) bond motifs is 1. The quantitative estimate of drug-likeness (QED) is 0.726. The molecule has 1 amide bonds. The van der Waals surface area contributed by atoms with E-state index < -0.39 is 0 Å². The molecule has 0 atom stereocenters. The van der Waals surface area contributed by atoms with E-state index in [4.69, 9.17) is 11.6 Å². The molecule has 1 heterocycles. The average Bonchev–Trinajstić information content (AvgIpc) is 2.53. The number of hydrazine groups is 1. The first-order valence-corrected chi connectivity index (χ1v) is 6.77. The number of nitrogens with one attached hydrogen (secondary N) is 2. The number of hydrogen-bond acceptors (Lipinski definition) is 3. The molecule has 3 aromatic rings. The SMILES string of the molecule is O=C(NNc1ccnc2cc(Cl)ccc12)c1ccccc1. The summed E-state index contributed by atoms with van der Waals surface area (Å²) in [6, 6.07) is 16.2. The van der Waals surface area contributed by atoms with Gasteiger partial charge in [0.15, 0.2) is 0 Å². The number of halogens is 1. The first kappa shape index (κ1) is 13.4. The fourth-order valence-electron chi connectivity index (χ4n) is 2.02. The molecular weight excluding hydrogens is 286 g/mol. The van der Waals surface area contributed by atoms with Crippen molar-refractivity contribution in [3.63, 3.8) is 0 Å². The van der Waals surface area contributed by atoms with Crippen molar-refractivity contribution in [2.24, 2.45) is 0 Å². The number of amides is 1. The maximum Gasteiger partial charge on any atom is 0.269 e. The van der Waals surface area contributed by atoms with Gasteiger partial charge in [-0.3, -0.25) is 20.6 Å². The largest absolute Gasteiger partial charge is 0.298 e. The summed E-state index contributed by atoms with van der Waals surface area (Å²) < 4.78 is 0. The molecule has 4 nitrogen and oxygen atoms in total. The highest BCUT2D eigenvalue weighted by Crippen LogP contribution is 2.23. The van der Waals surface area contributed by atoms with E-state index in [1.807, 2.05) is 24.3 Å². The summed E-state index contributed by atoms with van der Waals surface area (Å²) in [7, 11) is 0. The van der Waals surface area contributed by atoms with Crippen molar-refractivity contribution in [3.8, 4) is 0 Å². The molecule has 1 aromatic heterocycles. The molecule has 21 heavy (non-hydrogen) atoms. The van der Waals surface area contributed by atoms with E-state index in [0.29, 0.717) is 10.6 Å². The minimum Gasteiger partial charge on any atom is -0.298 e. The molecule has 0 saturated carbocycles. The number of carbonyl (C=O) groups is 1. The van der Waals surface area contributed by atoms with E-state index in [2.05, 4.69) is 15.8 Å². The van der Waals surface area contributed by atoms with Crippen LogP contribution in [0.2, 0.25) is 5.02 Å². The molecule has 0 aliphatic carbocycles. The molecule has 104 valence electrons. The Morgan fingerprint density at radius 3 is 2.67 bits per heavy atom. The number of benzene rings is 2. The zero-order valence-electron chi connectivity index (χ0n) is 11.0. The van der Waals surface area contributed by atoms with Crippen molar-refractivity contribution in [2.45, 2.75) is 0 Å². The van der Waals surface area contributed by atoms with Crippen LogP contribution in [0.25, 0.3) is 10.9 Å². The van der Waals surface area contributed by atoms with Crippen LogP contribution in [-0.4, -0.2) is 10.9 Å². The van der Waals surface area contributed by atoms with Crippen molar-refractivity contribution in [3.05, 3.63) is 71.4 Å². The monoisotopic (exact) mass is 297 g/mol.